The zero-order valence-corrected chi connectivity index (χ0v) is 18.7. The Kier molecular flexibility index (Phi) is 7.26. The quantitative estimate of drug-likeness (QED) is 0.518. The van der Waals surface area contributed by atoms with Crippen molar-refractivity contribution >= 4 is 28.9 Å². The second-order valence-corrected chi connectivity index (χ2v) is 7.43. The fraction of sp³-hybridized carbons (Fsp3) is 0.208. The average Bonchev–Trinajstić information content (AvgIpc) is 2.77. The highest BCUT2D eigenvalue weighted by molar-refractivity contribution is 6.31. The molecule has 0 saturated carbocycles. The van der Waals surface area contributed by atoms with Crippen LogP contribution in [0.3, 0.4) is 0 Å². The molecule has 0 atom stereocenters. The lowest BCUT2D eigenvalue weighted by Gasteiger charge is -2.19. The van der Waals surface area contributed by atoms with E-state index in [2.05, 4.69) is 5.32 Å². The summed E-state index contributed by atoms with van der Waals surface area (Å²) in [4.78, 5) is 14.9. The molecule has 0 radical (unpaired) electrons. The molecular weight excluding hydrogens is 416 g/mol. The fourth-order valence-electron chi connectivity index (χ4n) is 3.08. The Morgan fingerprint density at radius 3 is 2.19 bits per heavy atom. The number of rotatable bonds is 8. The summed E-state index contributed by atoms with van der Waals surface area (Å²) >= 11 is 6.13. The molecule has 3 aromatic carbocycles. The van der Waals surface area contributed by atoms with Crippen LogP contribution in [0.1, 0.15) is 15.9 Å². The number of carbonyl (C=O) groups is 1. The summed E-state index contributed by atoms with van der Waals surface area (Å²) in [7, 11) is 6.83. The lowest BCUT2D eigenvalue weighted by atomic mass is 10.1. The minimum Gasteiger partial charge on any atom is -0.493 e. The third kappa shape index (κ3) is 5.41. The molecule has 1 amide bonds. The van der Waals surface area contributed by atoms with Crippen molar-refractivity contribution in [3.05, 3.63) is 76.8 Å². The largest absolute Gasteiger partial charge is 0.493 e. The van der Waals surface area contributed by atoms with E-state index < -0.39 is 0 Å². The molecule has 3 rings (SSSR count). The molecule has 0 aliphatic heterocycles. The van der Waals surface area contributed by atoms with E-state index in [4.69, 9.17) is 25.8 Å². The van der Waals surface area contributed by atoms with Gasteiger partial charge in [-0.15, -0.1) is 0 Å². The van der Waals surface area contributed by atoms with Crippen LogP contribution in [0.15, 0.2) is 60.7 Å². The molecule has 0 heterocycles. The molecule has 1 N–H and O–H groups in total. The van der Waals surface area contributed by atoms with Crippen LogP contribution in [0.25, 0.3) is 0 Å². The molecule has 6 nitrogen and oxygen atoms in total. The molecule has 0 aromatic heterocycles. The van der Waals surface area contributed by atoms with Gasteiger partial charge in [0.2, 0.25) is 5.75 Å². The number of halogens is 1. The average molecular weight is 441 g/mol. The lowest BCUT2D eigenvalue weighted by molar-refractivity contribution is 0.102. The van der Waals surface area contributed by atoms with Crippen LogP contribution in [0.2, 0.25) is 5.02 Å². The van der Waals surface area contributed by atoms with Crippen LogP contribution in [-0.4, -0.2) is 34.2 Å². The van der Waals surface area contributed by atoms with E-state index in [0.29, 0.717) is 40.1 Å². The molecule has 162 valence electrons. The third-order valence-electron chi connectivity index (χ3n) is 4.64. The minimum absolute atomic E-state index is 0.323. The SMILES string of the molecule is COc1cc(C(=O)Nc2cc(Cl)ccc2N(C)C)cc(OC)c1OCc1ccccc1. The molecule has 7 heteroatoms. The number of hydrogen-bond donors (Lipinski definition) is 1. The van der Waals surface area contributed by atoms with E-state index in [-0.39, 0.29) is 5.91 Å². The normalized spacial score (nSPS) is 10.4. The number of hydrogen-bond acceptors (Lipinski definition) is 5. The van der Waals surface area contributed by atoms with Crippen LogP contribution >= 0.6 is 11.6 Å². The van der Waals surface area contributed by atoms with Gasteiger partial charge in [-0.1, -0.05) is 41.9 Å². The van der Waals surface area contributed by atoms with Crippen LogP contribution in [0.4, 0.5) is 11.4 Å². The van der Waals surface area contributed by atoms with Crippen LogP contribution in [-0.2, 0) is 6.61 Å². The van der Waals surface area contributed by atoms with Gasteiger partial charge in [0, 0.05) is 24.7 Å². The van der Waals surface area contributed by atoms with Crippen molar-refractivity contribution in [2.24, 2.45) is 0 Å². The standard InChI is InChI=1S/C24H25ClN2O4/c1-27(2)20-11-10-18(25)14-19(20)26-24(28)17-12-21(29-3)23(22(13-17)30-4)31-15-16-8-6-5-7-9-16/h5-14H,15H2,1-4H3,(H,26,28). The number of methoxy groups -OCH3 is 2. The van der Waals surface area contributed by atoms with Crippen LogP contribution < -0.4 is 24.4 Å². The first-order valence-corrected chi connectivity index (χ1v) is 10.0. The summed E-state index contributed by atoms with van der Waals surface area (Å²) < 4.78 is 16.9. The second-order valence-electron chi connectivity index (χ2n) is 6.99. The first kappa shape index (κ1) is 22.3. The molecule has 0 aliphatic rings. The number of nitrogens with one attached hydrogen (secondary N) is 1. The Balaban J connectivity index is 1.88. The first-order chi connectivity index (χ1) is 14.9. The van der Waals surface area contributed by atoms with Crippen LogP contribution in [0, 0.1) is 0 Å². The van der Waals surface area contributed by atoms with Crippen molar-refractivity contribution in [3.63, 3.8) is 0 Å². The number of ether oxygens (including phenoxy) is 3. The van der Waals surface area contributed by atoms with Gasteiger partial charge in [-0.05, 0) is 35.9 Å². The smallest absolute Gasteiger partial charge is 0.255 e. The molecule has 0 spiro atoms. The second kappa shape index (κ2) is 10.1. The third-order valence-corrected chi connectivity index (χ3v) is 4.87. The fourth-order valence-corrected chi connectivity index (χ4v) is 3.25. The number of benzene rings is 3. The molecule has 0 bridgehead atoms. The molecular formula is C24H25ClN2O4. The van der Waals surface area contributed by atoms with Crippen molar-refractivity contribution in [1.29, 1.82) is 0 Å². The molecule has 0 fully saturated rings. The summed E-state index contributed by atoms with van der Waals surface area (Å²) in [5.74, 6) is 0.914. The van der Waals surface area contributed by atoms with Crippen molar-refractivity contribution in [1.82, 2.24) is 0 Å². The highest BCUT2D eigenvalue weighted by Gasteiger charge is 2.19. The van der Waals surface area contributed by atoms with E-state index >= 15 is 0 Å². The summed E-state index contributed by atoms with van der Waals surface area (Å²) in [6.45, 7) is 0.341. The summed E-state index contributed by atoms with van der Waals surface area (Å²) in [5, 5.41) is 3.44. The predicted octanol–water partition coefficient (Wildman–Crippen LogP) is 5.25. The number of carbonyl (C=O) groups excluding carboxylic acids is 1. The Labute approximate surface area is 187 Å². The number of amides is 1. The van der Waals surface area contributed by atoms with E-state index in [0.717, 1.165) is 11.3 Å². The molecule has 0 unspecified atom stereocenters. The Hall–Kier alpha value is -3.38. The monoisotopic (exact) mass is 440 g/mol. The van der Waals surface area contributed by atoms with E-state index in [1.54, 1.807) is 24.3 Å². The van der Waals surface area contributed by atoms with Gasteiger partial charge in [-0.25, -0.2) is 0 Å². The van der Waals surface area contributed by atoms with Gasteiger partial charge < -0.3 is 24.4 Å². The number of anilines is 2. The maximum atomic E-state index is 13.0. The van der Waals surface area contributed by atoms with E-state index in [1.165, 1.54) is 14.2 Å². The zero-order chi connectivity index (χ0) is 22.4. The molecule has 3 aromatic rings. The Morgan fingerprint density at radius 1 is 0.968 bits per heavy atom. The molecule has 0 aliphatic carbocycles. The summed E-state index contributed by atoms with van der Waals surface area (Å²) in [6.07, 6.45) is 0. The van der Waals surface area contributed by atoms with E-state index in [9.17, 15) is 4.79 Å². The Morgan fingerprint density at radius 2 is 1.61 bits per heavy atom. The van der Waals surface area contributed by atoms with Gasteiger partial charge in [-0.2, -0.15) is 0 Å². The maximum Gasteiger partial charge on any atom is 0.255 e. The molecule has 0 saturated heterocycles. The minimum atomic E-state index is -0.323. The van der Waals surface area contributed by atoms with Crippen molar-refractivity contribution < 1.29 is 19.0 Å². The Bertz CT molecular complexity index is 1030. The van der Waals surface area contributed by atoms with Gasteiger partial charge in [0.1, 0.15) is 6.61 Å². The maximum absolute atomic E-state index is 13.0. The van der Waals surface area contributed by atoms with Crippen molar-refractivity contribution in [2.45, 2.75) is 6.61 Å². The van der Waals surface area contributed by atoms with Gasteiger partial charge in [0.05, 0.1) is 25.6 Å². The van der Waals surface area contributed by atoms with E-state index in [1.807, 2.05) is 55.4 Å². The highest BCUT2D eigenvalue weighted by atomic mass is 35.5. The van der Waals surface area contributed by atoms with Gasteiger partial charge in [0.25, 0.3) is 5.91 Å². The molecule has 31 heavy (non-hydrogen) atoms. The van der Waals surface area contributed by atoms with Gasteiger partial charge >= 0.3 is 0 Å². The highest BCUT2D eigenvalue weighted by Crippen LogP contribution is 2.39. The van der Waals surface area contributed by atoms with Gasteiger partial charge in [-0.3, -0.25) is 4.79 Å². The van der Waals surface area contributed by atoms with Gasteiger partial charge in [0.15, 0.2) is 11.5 Å². The van der Waals surface area contributed by atoms with Crippen molar-refractivity contribution in [3.8, 4) is 17.2 Å². The first-order valence-electron chi connectivity index (χ1n) is 9.64. The summed E-state index contributed by atoms with van der Waals surface area (Å²) in [5.41, 5.74) is 2.81. The predicted molar refractivity (Wildman–Crippen MR) is 124 cm³/mol. The number of nitrogens with zero attached hydrogens (tertiary/aromatic N) is 1. The lowest BCUT2D eigenvalue weighted by Crippen LogP contribution is -2.17. The summed E-state index contributed by atoms with van der Waals surface area (Å²) in [6, 6.07) is 18.3. The topological polar surface area (TPSA) is 60.0 Å². The zero-order valence-electron chi connectivity index (χ0n) is 17.9. The van der Waals surface area contributed by atoms with Crippen molar-refractivity contribution in [2.75, 3.05) is 38.5 Å². The van der Waals surface area contributed by atoms with Crippen LogP contribution in [0.5, 0.6) is 17.2 Å².